The molecule has 0 amide bonds. The Labute approximate surface area is 155 Å². The minimum absolute atomic E-state index is 0.287. The van der Waals surface area contributed by atoms with Crippen molar-refractivity contribution >= 4 is 51.3 Å². The van der Waals surface area contributed by atoms with Crippen LogP contribution in [0.15, 0.2) is 24.3 Å². The molecule has 2 rings (SSSR count). The lowest BCUT2D eigenvalue weighted by Crippen LogP contribution is -2.15. The molecule has 0 N–H and O–H groups in total. The quantitative estimate of drug-likeness (QED) is 0.293. The Morgan fingerprint density at radius 3 is 1.95 bits per heavy atom. The lowest BCUT2D eigenvalue weighted by atomic mass is 10.1. The first kappa shape index (κ1) is 17.5. The molecule has 2 aromatic carbocycles. The van der Waals surface area contributed by atoms with E-state index in [2.05, 4.69) is 22.6 Å². The highest BCUT2D eigenvalue weighted by Gasteiger charge is 2.14. The van der Waals surface area contributed by atoms with Gasteiger partial charge in [0.2, 0.25) is 0 Å². The van der Waals surface area contributed by atoms with Crippen LogP contribution in [0, 0.1) is 33.7 Å². The number of ether oxygens (including phenoxy) is 2. The minimum Gasteiger partial charge on any atom is -0.394 e. The summed E-state index contributed by atoms with van der Waals surface area (Å²) in [6.45, 7) is 5.51. The molecule has 0 aliphatic rings. The van der Waals surface area contributed by atoms with Gasteiger partial charge in [-0.2, -0.15) is 0 Å². The summed E-state index contributed by atoms with van der Waals surface area (Å²) >= 11 is 4.02. The number of hydrogen-bond donors (Lipinski definition) is 0. The summed E-state index contributed by atoms with van der Waals surface area (Å²) in [5, 5.41) is 0. The van der Waals surface area contributed by atoms with Gasteiger partial charge >= 0.3 is 6.16 Å². The van der Waals surface area contributed by atoms with E-state index < -0.39 is 6.16 Å². The first-order valence-corrected chi connectivity index (χ1v) is 8.55. The van der Waals surface area contributed by atoms with E-state index in [0.29, 0.717) is 14.9 Å². The number of carbonyl (C=O) groups excluding carboxylic acids is 1. The lowest BCUT2D eigenvalue weighted by molar-refractivity contribution is 0.151. The molecule has 0 bridgehead atoms. The van der Waals surface area contributed by atoms with E-state index in [1.165, 1.54) is 12.1 Å². The van der Waals surface area contributed by atoms with Gasteiger partial charge in [-0.3, -0.25) is 0 Å². The van der Waals surface area contributed by atoms with Crippen molar-refractivity contribution in [2.24, 2.45) is 0 Å². The van der Waals surface area contributed by atoms with E-state index in [-0.39, 0.29) is 11.6 Å². The predicted octanol–water partition coefficient (Wildman–Crippen LogP) is 5.54. The highest BCUT2D eigenvalue weighted by atomic mass is 127. The van der Waals surface area contributed by atoms with E-state index in [4.69, 9.17) is 9.47 Å². The van der Waals surface area contributed by atoms with E-state index in [1.54, 1.807) is 13.0 Å². The summed E-state index contributed by atoms with van der Waals surface area (Å²) in [5.74, 6) is 0.396. The lowest BCUT2D eigenvalue weighted by Gasteiger charge is -2.11. The Kier molecular flexibility index (Phi) is 5.65. The summed E-state index contributed by atoms with van der Waals surface area (Å²) in [5.41, 5.74) is 2.49. The fourth-order valence-electron chi connectivity index (χ4n) is 1.86. The van der Waals surface area contributed by atoms with Gasteiger partial charge in [0.15, 0.2) is 0 Å². The Balaban J connectivity index is 2.17. The van der Waals surface area contributed by atoms with Gasteiger partial charge in [-0.25, -0.2) is 9.18 Å². The molecular weight excluding hydrogens is 513 g/mol. The summed E-state index contributed by atoms with van der Waals surface area (Å²) in [6, 6.07) is 6.52. The van der Waals surface area contributed by atoms with Crippen LogP contribution in [0.25, 0.3) is 0 Å². The molecule has 0 radical (unpaired) electrons. The van der Waals surface area contributed by atoms with Crippen LogP contribution in [0.5, 0.6) is 11.5 Å². The van der Waals surface area contributed by atoms with Gasteiger partial charge in [-0.15, -0.1) is 0 Å². The fraction of sp³-hybridized carbons (Fsp3) is 0.188. The molecule has 6 heteroatoms. The number of halogens is 3. The second-order valence-corrected chi connectivity index (χ2v) is 7.18. The average molecular weight is 526 g/mol. The van der Waals surface area contributed by atoms with Crippen LogP contribution >= 0.6 is 45.2 Å². The van der Waals surface area contributed by atoms with Gasteiger partial charge in [0.25, 0.3) is 0 Å². The maximum Gasteiger partial charge on any atom is 0.519 e. The van der Waals surface area contributed by atoms with Crippen molar-refractivity contribution in [2.45, 2.75) is 20.8 Å². The Hall–Kier alpha value is -0.900. The molecule has 0 atom stereocenters. The van der Waals surface area contributed by atoms with Crippen molar-refractivity contribution in [3.63, 3.8) is 0 Å². The molecule has 0 saturated carbocycles. The third kappa shape index (κ3) is 4.09. The second-order valence-electron chi connectivity index (χ2n) is 4.85. The van der Waals surface area contributed by atoms with E-state index in [0.717, 1.165) is 14.7 Å². The van der Waals surface area contributed by atoms with Crippen molar-refractivity contribution in [1.82, 2.24) is 0 Å². The Bertz CT molecular complexity index is 683. The number of carbonyl (C=O) groups is 1. The number of rotatable bonds is 2. The van der Waals surface area contributed by atoms with Gasteiger partial charge < -0.3 is 9.47 Å². The smallest absolute Gasteiger partial charge is 0.394 e. The first-order valence-electron chi connectivity index (χ1n) is 6.40. The molecule has 0 spiro atoms. The van der Waals surface area contributed by atoms with Crippen LogP contribution in [0.4, 0.5) is 9.18 Å². The third-order valence-corrected chi connectivity index (χ3v) is 5.05. The van der Waals surface area contributed by atoms with Crippen LogP contribution in [0.1, 0.15) is 16.7 Å². The van der Waals surface area contributed by atoms with Crippen molar-refractivity contribution in [1.29, 1.82) is 0 Å². The molecular formula is C16H13FI2O3. The highest BCUT2D eigenvalue weighted by Crippen LogP contribution is 2.26. The van der Waals surface area contributed by atoms with Crippen molar-refractivity contribution in [3.8, 4) is 11.5 Å². The van der Waals surface area contributed by atoms with Crippen LogP contribution in [-0.4, -0.2) is 6.16 Å². The standard InChI is InChI=1S/C16H13FI2O3/c1-8-4-9(2)14(6-12(8)18)21-16(20)22-15-7-13(19)11(17)5-10(15)3/h4-7H,1-3H3. The van der Waals surface area contributed by atoms with Gasteiger partial charge in [-0.05, 0) is 101 Å². The van der Waals surface area contributed by atoms with Crippen LogP contribution in [-0.2, 0) is 0 Å². The van der Waals surface area contributed by atoms with Gasteiger partial charge in [0.05, 0.1) is 3.57 Å². The molecule has 0 heterocycles. The normalized spacial score (nSPS) is 10.5. The molecule has 3 nitrogen and oxygen atoms in total. The largest absolute Gasteiger partial charge is 0.519 e. The van der Waals surface area contributed by atoms with Gasteiger partial charge in [0, 0.05) is 3.57 Å². The van der Waals surface area contributed by atoms with Crippen molar-refractivity contribution in [3.05, 3.63) is 53.9 Å². The average Bonchev–Trinajstić information content (AvgIpc) is 2.42. The summed E-state index contributed by atoms with van der Waals surface area (Å²) in [7, 11) is 0. The van der Waals surface area contributed by atoms with Crippen LogP contribution in [0.2, 0.25) is 0 Å². The molecule has 0 saturated heterocycles. The van der Waals surface area contributed by atoms with Crippen molar-refractivity contribution in [2.75, 3.05) is 0 Å². The SMILES string of the molecule is Cc1cc(C)c(OC(=O)Oc2cc(I)c(F)cc2C)cc1I. The highest BCUT2D eigenvalue weighted by molar-refractivity contribution is 14.1. The zero-order valence-corrected chi connectivity index (χ0v) is 16.5. The summed E-state index contributed by atoms with van der Waals surface area (Å²) in [6.07, 6.45) is -0.840. The van der Waals surface area contributed by atoms with Crippen LogP contribution in [0.3, 0.4) is 0 Å². The third-order valence-electron chi connectivity index (χ3n) is 3.06. The van der Waals surface area contributed by atoms with Crippen molar-refractivity contribution < 1.29 is 18.7 Å². The number of benzene rings is 2. The molecule has 0 aromatic heterocycles. The predicted molar refractivity (Wildman–Crippen MR) is 99.1 cm³/mol. The molecule has 22 heavy (non-hydrogen) atoms. The second kappa shape index (κ2) is 7.12. The Morgan fingerprint density at radius 1 is 0.864 bits per heavy atom. The maximum atomic E-state index is 13.4. The van der Waals surface area contributed by atoms with E-state index >= 15 is 0 Å². The molecule has 2 aromatic rings. The summed E-state index contributed by atoms with van der Waals surface area (Å²) < 4.78 is 25.2. The number of aryl methyl sites for hydroxylation is 3. The van der Waals surface area contributed by atoms with Gasteiger partial charge in [0.1, 0.15) is 17.3 Å². The molecule has 0 aliphatic heterocycles. The topological polar surface area (TPSA) is 35.5 Å². The van der Waals surface area contributed by atoms with E-state index in [9.17, 15) is 9.18 Å². The molecule has 116 valence electrons. The Morgan fingerprint density at radius 2 is 1.36 bits per heavy atom. The van der Waals surface area contributed by atoms with E-state index in [1.807, 2.05) is 42.5 Å². The van der Waals surface area contributed by atoms with Gasteiger partial charge in [-0.1, -0.05) is 6.07 Å². The zero-order chi connectivity index (χ0) is 16.4. The fourth-order valence-corrected chi connectivity index (χ4v) is 2.73. The summed E-state index contributed by atoms with van der Waals surface area (Å²) in [4.78, 5) is 11.9. The molecule has 0 aliphatic carbocycles. The first-order chi connectivity index (χ1) is 10.3. The number of hydrogen-bond acceptors (Lipinski definition) is 3. The zero-order valence-electron chi connectivity index (χ0n) is 12.2. The molecule has 0 fully saturated rings. The van der Waals surface area contributed by atoms with Crippen LogP contribution < -0.4 is 9.47 Å². The maximum absolute atomic E-state index is 13.4. The molecule has 0 unspecified atom stereocenters. The monoisotopic (exact) mass is 526 g/mol. The minimum atomic E-state index is -0.840.